The molecule has 6 heteroatoms. The summed E-state index contributed by atoms with van der Waals surface area (Å²) >= 11 is 0. The maximum absolute atomic E-state index is 4.51. The van der Waals surface area contributed by atoms with Crippen molar-refractivity contribution in [2.75, 3.05) is 20.6 Å². The molecule has 0 amide bonds. The number of nitrogens with zero attached hydrogens (tertiary/aromatic N) is 3. The first-order valence-corrected chi connectivity index (χ1v) is 10.8. The van der Waals surface area contributed by atoms with Crippen LogP contribution in [0.5, 0.6) is 0 Å². The van der Waals surface area contributed by atoms with Gasteiger partial charge in [0.25, 0.3) is 0 Å². The molecule has 0 atom stereocenters. The molecule has 33 heavy (non-hydrogen) atoms. The number of fused-ring (bicyclic) bond motifs is 1. The minimum Gasteiger partial charge on any atom is -0.358 e. The van der Waals surface area contributed by atoms with Crippen molar-refractivity contribution in [3.05, 3.63) is 95.0 Å². The van der Waals surface area contributed by atoms with Gasteiger partial charge < -0.3 is 15.2 Å². The largest absolute Gasteiger partial charge is 0.358 e. The van der Waals surface area contributed by atoms with Gasteiger partial charge in [-0.1, -0.05) is 31.9 Å². The van der Waals surface area contributed by atoms with Gasteiger partial charge >= 0.3 is 0 Å². The van der Waals surface area contributed by atoms with Crippen molar-refractivity contribution in [3.63, 3.8) is 0 Å². The van der Waals surface area contributed by atoms with Crippen LogP contribution in [0.2, 0.25) is 0 Å². The first kappa shape index (κ1) is 23.8. The summed E-state index contributed by atoms with van der Waals surface area (Å²) in [7, 11) is 4.02. The Hall–Kier alpha value is -3.90. The van der Waals surface area contributed by atoms with Crippen molar-refractivity contribution in [1.82, 2.24) is 30.4 Å². The van der Waals surface area contributed by atoms with Gasteiger partial charge in [-0.15, -0.1) is 0 Å². The summed E-state index contributed by atoms with van der Waals surface area (Å²) in [6.45, 7) is 17.0. The number of aromatic amines is 2. The van der Waals surface area contributed by atoms with Crippen molar-refractivity contribution < 1.29 is 0 Å². The lowest BCUT2D eigenvalue weighted by Crippen LogP contribution is -2.23. The van der Waals surface area contributed by atoms with Crippen LogP contribution in [0.25, 0.3) is 35.1 Å². The summed E-state index contributed by atoms with van der Waals surface area (Å²) < 4.78 is 0. The fourth-order valence-corrected chi connectivity index (χ4v) is 3.59. The minimum absolute atomic E-state index is 0.738. The third kappa shape index (κ3) is 5.67. The molecule has 0 aliphatic heterocycles. The van der Waals surface area contributed by atoms with Crippen molar-refractivity contribution >= 4 is 23.7 Å². The normalized spacial score (nSPS) is 13.7. The minimum atomic E-state index is 0.738. The van der Waals surface area contributed by atoms with Gasteiger partial charge in [0.2, 0.25) is 0 Å². The highest BCUT2D eigenvalue weighted by atomic mass is 15.1. The van der Waals surface area contributed by atoms with E-state index in [1.54, 1.807) is 12.3 Å². The van der Waals surface area contributed by atoms with Crippen LogP contribution in [0.4, 0.5) is 0 Å². The zero-order valence-electron chi connectivity index (χ0n) is 19.9. The van der Waals surface area contributed by atoms with Crippen molar-refractivity contribution in [2.24, 2.45) is 0 Å². The van der Waals surface area contributed by atoms with Crippen molar-refractivity contribution in [3.8, 4) is 11.4 Å². The fraction of sp³-hybridized carbons (Fsp3) is 0.185. The van der Waals surface area contributed by atoms with Gasteiger partial charge in [-0.2, -0.15) is 5.10 Å². The molecule has 0 saturated heterocycles. The number of hydrogen-bond acceptors (Lipinski definition) is 4. The zero-order valence-corrected chi connectivity index (χ0v) is 19.9. The van der Waals surface area contributed by atoms with Crippen LogP contribution >= 0.6 is 0 Å². The van der Waals surface area contributed by atoms with Gasteiger partial charge in [-0.3, -0.25) is 10.1 Å². The van der Waals surface area contributed by atoms with Gasteiger partial charge in [0.15, 0.2) is 0 Å². The lowest BCUT2D eigenvalue weighted by molar-refractivity contribution is 0.438. The Bertz CT molecular complexity index is 1330. The Kier molecular flexibility index (Phi) is 7.64. The van der Waals surface area contributed by atoms with E-state index in [1.807, 2.05) is 46.1 Å². The smallest absolute Gasteiger partial charge is 0.116 e. The molecule has 0 fully saturated rings. The summed E-state index contributed by atoms with van der Waals surface area (Å²) in [6, 6.07) is 5.92. The van der Waals surface area contributed by atoms with Crippen LogP contribution in [-0.2, 0) is 0 Å². The Morgan fingerprint density at radius 3 is 2.61 bits per heavy atom. The Balaban J connectivity index is 2.00. The molecule has 6 nitrogen and oxygen atoms in total. The van der Waals surface area contributed by atoms with Gasteiger partial charge in [0.1, 0.15) is 5.69 Å². The number of H-pyrrole nitrogens is 2. The van der Waals surface area contributed by atoms with Gasteiger partial charge in [-0.05, 0) is 75.5 Å². The number of likely N-dealkylation sites (N-methyl/N-ethyl adjacent to an activating group) is 1. The van der Waals surface area contributed by atoms with E-state index in [4.69, 9.17) is 0 Å². The molecule has 3 aromatic heterocycles. The molecular formula is C27H32N6. The van der Waals surface area contributed by atoms with E-state index in [-0.39, 0.29) is 0 Å². The summed E-state index contributed by atoms with van der Waals surface area (Å²) in [6.07, 6.45) is 11.9. The quantitative estimate of drug-likeness (QED) is 0.443. The second-order valence-corrected chi connectivity index (χ2v) is 7.99. The van der Waals surface area contributed by atoms with E-state index in [1.165, 1.54) is 0 Å². The van der Waals surface area contributed by atoms with Gasteiger partial charge in [-0.25, -0.2) is 0 Å². The maximum Gasteiger partial charge on any atom is 0.116 e. The van der Waals surface area contributed by atoms with Crippen LogP contribution in [0.15, 0.2) is 84.4 Å². The van der Waals surface area contributed by atoms with Crippen LogP contribution < -0.4 is 15.9 Å². The number of nitrogens with one attached hydrogen (secondary N) is 3. The SMILES string of the molecule is C=C\C(=C/C(=C\C)C(/C=c1/c(-c2cc3ncccc3[nH]2)n[nH]c1=C)=C/C)NC(=C)CN(C)C. The number of aromatic nitrogens is 4. The molecule has 0 saturated carbocycles. The molecule has 0 radical (unpaired) electrons. The second-order valence-electron chi connectivity index (χ2n) is 7.99. The Labute approximate surface area is 195 Å². The Morgan fingerprint density at radius 2 is 1.97 bits per heavy atom. The number of allylic oxidation sites excluding steroid dienone is 6. The fourth-order valence-electron chi connectivity index (χ4n) is 3.59. The molecule has 0 spiro atoms. The number of pyridine rings is 1. The summed E-state index contributed by atoms with van der Waals surface area (Å²) in [5.74, 6) is 0. The van der Waals surface area contributed by atoms with Crippen LogP contribution in [0.1, 0.15) is 13.8 Å². The van der Waals surface area contributed by atoms with Crippen LogP contribution in [0, 0.1) is 0 Å². The lowest BCUT2D eigenvalue weighted by atomic mass is 10.0. The average molecular weight is 441 g/mol. The Morgan fingerprint density at radius 1 is 1.21 bits per heavy atom. The molecule has 0 aliphatic carbocycles. The summed E-state index contributed by atoms with van der Waals surface area (Å²) in [5, 5.41) is 12.6. The zero-order chi connectivity index (χ0) is 24.0. The standard InChI is InChI=1S/C27H32N6/c1-8-20(14-22(10-3)29-18(4)17-33(6)7)21(9-2)15-23-19(5)31-32-27(23)26-16-25-24(30-26)12-11-13-28-25/h8-16,29-31H,3-5,17H2,1-2,6-7H3/b20-8+,21-9+,22-14+,23-15+. The maximum atomic E-state index is 4.51. The predicted molar refractivity (Wildman–Crippen MR) is 140 cm³/mol. The van der Waals surface area contributed by atoms with Gasteiger partial charge in [0.05, 0.1) is 22.1 Å². The molecule has 3 rings (SSSR count). The molecule has 3 heterocycles. The average Bonchev–Trinajstić information content (AvgIpc) is 3.37. The summed E-state index contributed by atoms with van der Waals surface area (Å²) in [4.78, 5) is 9.88. The topological polar surface area (TPSA) is 72.6 Å². The predicted octanol–water partition coefficient (Wildman–Crippen LogP) is 3.77. The molecule has 0 aliphatic rings. The van der Waals surface area contributed by atoms with E-state index in [0.29, 0.717) is 0 Å². The third-order valence-electron chi connectivity index (χ3n) is 5.14. The highest BCUT2D eigenvalue weighted by molar-refractivity contribution is 5.82. The van der Waals surface area contributed by atoms with E-state index in [2.05, 4.69) is 74.4 Å². The van der Waals surface area contributed by atoms with Gasteiger partial charge in [0, 0.05) is 29.4 Å². The molecule has 3 aromatic rings. The highest BCUT2D eigenvalue weighted by Gasteiger charge is 2.10. The van der Waals surface area contributed by atoms with E-state index < -0.39 is 0 Å². The van der Waals surface area contributed by atoms with E-state index >= 15 is 0 Å². The second kappa shape index (κ2) is 10.6. The third-order valence-corrected chi connectivity index (χ3v) is 5.14. The van der Waals surface area contributed by atoms with Crippen LogP contribution in [-0.4, -0.2) is 45.7 Å². The number of hydrogen-bond donors (Lipinski definition) is 3. The monoisotopic (exact) mass is 440 g/mol. The first-order chi connectivity index (χ1) is 15.9. The molecule has 170 valence electrons. The molecule has 0 aromatic carbocycles. The van der Waals surface area contributed by atoms with Crippen molar-refractivity contribution in [2.45, 2.75) is 13.8 Å². The molecule has 0 unspecified atom stereocenters. The lowest BCUT2D eigenvalue weighted by Gasteiger charge is -2.15. The van der Waals surface area contributed by atoms with Crippen molar-refractivity contribution in [1.29, 1.82) is 0 Å². The van der Waals surface area contributed by atoms with E-state index in [9.17, 15) is 0 Å². The highest BCUT2D eigenvalue weighted by Crippen LogP contribution is 2.20. The number of rotatable bonds is 9. The van der Waals surface area contributed by atoms with E-state index in [0.717, 1.165) is 62.1 Å². The molecular weight excluding hydrogens is 408 g/mol. The molecule has 0 bridgehead atoms. The van der Waals surface area contributed by atoms with Crippen LogP contribution in [0.3, 0.4) is 0 Å². The first-order valence-electron chi connectivity index (χ1n) is 10.8. The summed E-state index contributed by atoms with van der Waals surface area (Å²) in [5.41, 5.74) is 7.43. The molecule has 3 N–H and O–H groups in total.